The number of ether oxygens (including phenoxy) is 1. The summed E-state index contributed by atoms with van der Waals surface area (Å²) in [4.78, 5) is 17.5. The van der Waals surface area contributed by atoms with Gasteiger partial charge in [-0.2, -0.15) is 0 Å². The summed E-state index contributed by atoms with van der Waals surface area (Å²) in [6.45, 7) is 1.08. The third kappa shape index (κ3) is 4.26. The van der Waals surface area contributed by atoms with Crippen molar-refractivity contribution in [3.8, 4) is 0 Å². The Bertz CT molecular complexity index is 977. The first-order chi connectivity index (χ1) is 12.6. The van der Waals surface area contributed by atoms with Crippen LogP contribution in [0.2, 0.25) is 5.02 Å². The van der Waals surface area contributed by atoms with Gasteiger partial charge in [-0.1, -0.05) is 41.6 Å². The number of hydrogen-bond donors (Lipinski definition) is 0. The average molecular weight is 393 g/mol. The first kappa shape index (κ1) is 18.9. The fourth-order valence-corrected chi connectivity index (χ4v) is 3.95. The highest BCUT2D eigenvalue weighted by molar-refractivity contribution is 7.98. The number of benzene rings is 2. The van der Waals surface area contributed by atoms with Crippen LogP contribution in [0.15, 0.2) is 52.4 Å². The minimum absolute atomic E-state index is 0.0700. The van der Waals surface area contributed by atoms with Crippen molar-refractivity contribution in [2.45, 2.75) is 23.9 Å². The van der Waals surface area contributed by atoms with Crippen LogP contribution in [-0.2, 0) is 17.0 Å². The van der Waals surface area contributed by atoms with E-state index in [0.29, 0.717) is 46.4 Å². The van der Waals surface area contributed by atoms with E-state index in [1.54, 1.807) is 23.8 Å². The van der Waals surface area contributed by atoms with Gasteiger partial charge in [0.15, 0.2) is 5.16 Å². The first-order valence-corrected chi connectivity index (χ1v) is 9.51. The maximum absolute atomic E-state index is 13.2. The van der Waals surface area contributed by atoms with Gasteiger partial charge in [-0.05, 0) is 36.2 Å². The molecular weight excluding hydrogens is 375 g/mol. The van der Waals surface area contributed by atoms with Crippen molar-refractivity contribution in [1.82, 2.24) is 9.55 Å². The molecule has 7 heteroatoms. The molecule has 0 N–H and O–H groups in total. The molecule has 1 heterocycles. The Labute approximate surface area is 160 Å². The second kappa shape index (κ2) is 8.66. The lowest BCUT2D eigenvalue weighted by Crippen LogP contribution is -2.24. The van der Waals surface area contributed by atoms with Crippen molar-refractivity contribution in [2.24, 2.45) is 0 Å². The van der Waals surface area contributed by atoms with E-state index in [1.165, 1.54) is 23.9 Å². The molecule has 0 bridgehead atoms. The Kier molecular flexibility index (Phi) is 6.29. The van der Waals surface area contributed by atoms with E-state index in [0.717, 1.165) is 5.56 Å². The molecule has 0 atom stereocenters. The molecule has 0 unspecified atom stereocenters. The van der Waals surface area contributed by atoms with Crippen molar-refractivity contribution >= 4 is 34.3 Å². The van der Waals surface area contributed by atoms with E-state index in [4.69, 9.17) is 16.3 Å². The van der Waals surface area contributed by atoms with E-state index in [2.05, 4.69) is 4.98 Å². The van der Waals surface area contributed by atoms with Gasteiger partial charge >= 0.3 is 0 Å². The standard InChI is InChI=1S/C19H18ClFN2O2S/c1-25-10-4-9-23-18(24)15-5-2-3-6-17(15)22-19(23)26-12-13-7-8-14(21)11-16(13)20/h2-3,5-8,11H,4,9-10,12H2,1H3. The molecule has 26 heavy (non-hydrogen) atoms. The molecule has 2 aromatic carbocycles. The molecule has 0 aliphatic heterocycles. The highest BCUT2D eigenvalue weighted by atomic mass is 35.5. The molecule has 0 fully saturated rings. The van der Waals surface area contributed by atoms with Gasteiger partial charge in [0.2, 0.25) is 0 Å². The Morgan fingerprint density at radius 1 is 1.27 bits per heavy atom. The first-order valence-electron chi connectivity index (χ1n) is 8.15. The van der Waals surface area contributed by atoms with Crippen LogP contribution < -0.4 is 5.56 Å². The number of thioether (sulfide) groups is 1. The van der Waals surface area contributed by atoms with Crippen LogP contribution in [0.1, 0.15) is 12.0 Å². The van der Waals surface area contributed by atoms with Crippen LogP contribution in [0.4, 0.5) is 4.39 Å². The van der Waals surface area contributed by atoms with Crippen LogP contribution in [0, 0.1) is 5.82 Å². The fraction of sp³-hybridized carbons (Fsp3) is 0.263. The minimum atomic E-state index is -0.371. The molecule has 1 aromatic heterocycles. The molecule has 0 spiro atoms. The van der Waals surface area contributed by atoms with E-state index in [9.17, 15) is 9.18 Å². The zero-order valence-corrected chi connectivity index (χ0v) is 15.8. The van der Waals surface area contributed by atoms with E-state index in [1.807, 2.05) is 18.2 Å². The third-order valence-corrected chi connectivity index (χ3v) is 5.31. The summed E-state index contributed by atoms with van der Waals surface area (Å²) in [6, 6.07) is 11.6. The molecule has 136 valence electrons. The number of halogens is 2. The number of hydrogen-bond acceptors (Lipinski definition) is 4. The van der Waals surface area contributed by atoms with Crippen LogP contribution >= 0.6 is 23.4 Å². The predicted octanol–water partition coefficient (Wildman–Crippen LogP) is 4.52. The lowest BCUT2D eigenvalue weighted by atomic mass is 10.2. The molecule has 0 amide bonds. The maximum Gasteiger partial charge on any atom is 0.262 e. The molecule has 3 rings (SSSR count). The van der Waals surface area contributed by atoms with E-state index >= 15 is 0 Å². The summed E-state index contributed by atoms with van der Waals surface area (Å²) in [5, 5.41) is 1.57. The fourth-order valence-electron chi connectivity index (χ4n) is 2.60. The lowest BCUT2D eigenvalue weighted by molar-refractivity contribution is 0.189. The molecule has 3 aromatic rings. The highest BCUT2D eigenvalue weighted by Crippen LogP contribution is 2.26. The molecule has 0 aliphatic carbocycles. The Hall–Kier alpha value is -1.89. The third-order valence-electron chi connectivity index (χ3n) is 3.93. The molecule has 0 radical (unpaired) electrons. The smallest absolute Gasteiger partial charge is 0.262 e. The number of rotatable bonds is 7. The Morgan fingerprint density at radius 2 is 2.08 bits per heavy atom. The second-order valence-corrected chi connectivity index (χ2v) is 7.09. The zero-order chi connectivity index (χ0) is 18.5. The Balaban J connectivity index is 1.94. The minimum Gasteiger partial charge on any atom is -0.385 e. The van der Waals surface area contributed by atoms with Gasteiger partial charge in [-0.25, -0.2) is 9.37 Å². The molecule has 0 aliphatic rings. The summed E-state index contributed by atoms with van der Waals surface area (Å²) in [6.07, 6.45) is 0.710. The van der Waals surface area contributed by atoms with Gasteiger partial charge in [0.1, 0.15) is 5.82 Å². The van der Waals surface area contributed by atoms with Crippen LogP contribution in [-0.4, -0.2) is 23.3 Å². The number of nitrogens with zero attached hydrogens (tertiary/aromatic N) is 2. The SMILES string of the molecule is COCCCn1c(SCc2ccc(F)cc2Cl)nc2ccccc2c1=O. The van der Waals surface area contributed by atoms with Crippen molar-refractivity contribution in [3.05, 3.63) is 69.2 Å². The summed E-state index contributed by atoms with van der Waals surface area (Å²) in [7, 11) is 1.63. The van der Waals surface area contributed by atoms with E-state index in [-0.39, 0.29) is 11.4 Å². The average Bonchev–Trinajstić information content (AvgIpc) is 2.63. The van der Waals surface area contributed by atoms with Gasteiger partial charge in [-0.3, -0.25) is 9.36 Å². The molecule has 4 nitrogen and oxygen atoms in total. The maximum atomic E-state index is 13.2. The quantitative estimate of drug-likeness (QED) is 0.337. The summed E-state index contributed by atoms with van der Waals surface area (Å²) in [5.41, 5.74) is 1.39. The van der Waals surface area contributed by atoms with Gasteiger partial charge < -0.3 is 4.74 Å². The Morgan fingerprint density at radius 3 is 2.85 bits per heavy atom. The monoisotopic (exact) mass is 392 g/mol. The largest absolute Gasteiger partial charge is 0.385 e. The summed E-state index contributed by atoms with van der Waals surface area (Å²) in [5.74, 6) is 0.123. The lowest BCUT2D eigenvalue weighted by Gasteiger charge is -2.13. The van der Waals surface area contributed by atoms with Gasteiger partial charge in [-0.15, -0.1) is 0 Å². The molecule has 0 saturated heterocycles. The summed E-state index contributed by atoms with van der Waals surface area (Å²) < 4.78 is 20.0. The van der Waals surface area contributed by atoms with Crippen molar-refractivity contribution in [3.63, 3.8) is 0 Å². The predicted molar refractivity (Wildman–Crippen MR) is 103 cm³/mol. The van der Waals surface area contributed by atoms with Gasteiger partial charge in [0, 0.05) is 31.0 Å². The van der Waals surface area contributed by atoms with Crippen LogP contribution in [0.3, 0.4) is 0 Å². The van der Waals surface area contributed by atoms with Crippen LogP contribution in [0.25, 0.3) is 10.9 Å². The molecular formula is C19H18ClFN2O2S. The van der Waals surface area contributed by atoms with Crippen molar-refractivity contribution < 1.29 is 9.13 Å². The molecule has 0 saturated carbocycles. The van der Waals surface area contributed by atoms with Crippen molar-refractivity contribution in [1.29, 1.82) is 0 Å². The number of fused-ring (bicyclic) bond motifs is 1. The highest BCUT2D eigenvalue weighted by Gasteiger charge is 2.12. The second-order valence-electron chi connectivity index (χ2n) is 5.74. The van der Waals surface area contributed by atoms with Gasteiger partial charge in [0.25, 0.3) is 5.56 Å². The number of aromatic nitrogens is 2. The van der Waals surface area contributed by atoms with E-state index < -0.39 is 0 Å². The van der Waals surface area contributed by atoms with Crippen molar-refractivity contribution in [2.75, 3.05) is 13.7 Å². The summed E-state index contributed by atoms with van der Waals surface area (Å²) >= 11 is 7.52. The zero-order valence-electron chi connectivity index (χ0n) is 14.2. The van der Waals surface area contributed by atoms with Crippen LogP contribution in [0.5, 0.6) is 0 Å². The van der Waals surface area contributed by atoms with Gasteiger partial charge in [0.05, 0.1) is 10.9 Å². The number of para-hydroxylation sites is 1. The topological polar surface area (TPSA) is 44.1 Å². The number of methoxy groups -OCH3 is 1. The normalized spacial score (nSPS) is 11.2.